The minimum absolute atomic E-state index is 0.0298. The lowest BCUT2D eigenvalue weighted by Gasteiger charge is -2.31. The molecule has 0 saturated carbocycles. The lowest BCUT2D eigenvalue weighted by molar-refractivity contribution is -0.127. The first kappa shape index (κ1) is 26.9. The van der Waals surface area contributed by atoms with Gasteiger partial charge >= 0.3 is 0 Å². The minimum atomic E-state index is -0.0298. The second kappa shape index (κ2) is 12.9. The van der Waals surface area contributed by atoms with Gasteiger partial charge in [0.15, 0.2) is 0 Å². The summed E-state index contributed by atoms with van der Waals surface area (Å²) in [6.45, 7) is 11.6. The summed E-state index contributed by atoms with van der Waals surface area (Å²) < 4.78 is 11.7. The molecule has 198 valence electrons. The number of aromatic nitrogens is 1. The lowest BCUT2D eigenvalue weighted by atomic mass is 9.95. The number of carbonyl (C=O) groups excluding carboxylic acids is 1. The summed E-state index contributed by atoms with van der Waals surface area (Å²) in [5, 5.41) is 3.22. The van der Waals surface area contributed by atoms with E-state index in [0.717, 1.165) is 86.7 Å². The molecule has 1 atom stereocenters. The summed E-state index contributed by atoms with van der Waals surface area (Å²) in [4.78, 5) is 20.1. The number of ether oxygens (including phenoxy) is 1. The van der Waals surface area contributed by atoms with E-state index in [1.54, 1.807) is 0 Å². The van der Waals surface area contributed by atoms with Gasteiger partial charge in [-0.2, -0.15) is 0 Å². The Hall–Kier alpha value is -3.12. The predicted molar refractivity (Wildman–Crippen MR) is 147 cm³/mol. The number of amides is 1. The Morgan fingerprint density at radius 3 is 2.46 bits per heavy atom. The number of hydrogen-bond acceptors (Lipinski definition) is 5. The monoisotopic (exact) mass is 503 g/mol. The number of aryl methyl sites for hydroxylation is 2. The first-order valence-electron chi connectivity index (χ1n) is 13.8. The van der Waals surface area contributed by atoms with E-state index in [-0.39, 0.29) is 17.9 Å². The number of likely N-dealkylation sites (tertiary alicyclic amines) is 1. The number of rotatable bonds is 11. The molecular weight excluding hydrogens is 462 g/mol. The van der Waals surface area contributed by atoms with Crippen molar-refractivity contribution in [3.63, 3.8) is 0 Å². The van der Waals surface area contributed by atoms with Crippen molar-refractivity contribution in [1.82, 2.24) is 15.2 Å². The van der Waals surface area contributed by atoms with E-state index in [0.29, 0.717) is 5.89 Å². The Bertz CT molecular complexity index is 1130. The number of oxazole rings is 1. The number of unbranched alkanes of at least 4 members (excludes halogenated alkanes) is 1. The highest BCUT2D eigenvalue weighted by molar-refractivity contribution is 5.79. The molecule has 37 heavy (non-hydrogen) atoms. The SMILES string of the molecule is CCCCOc1ccc(C(C)NC(=O)C2CCN(Cc3nc(-c4ccc(CC)cc4)oc3C)CC2)cc1. The van der Waals surface area contributed by atoms with Gasteiger partial charge in [-0.1, -0.05) is 44.5 Å². The number of piperidine rings is 1. The molecule has 2 heterocycles. The van der Waals surface area contributed by atoms with Gasteiger partial charge in [0.05, 0.1) is 18.3 Å². The largest absolute Gasteiger partial charge is 0.494 e. The molecule has 0 bridgehead atoms. The molecule has 1 amide bonds. The van der Waals surface area contributed by atoms with Crippen LogP contribution in [-0.4, -0.2) is 35.5 Å². The van der Waals surface area contributed by atoms with Gasteiger partial charge in [0, 0.05) is 18.0 Å². The maximum atomic E-state index is 13.0. The van der Waals surface area contributed by atoms with E-state index >= 15 is 0 Å². The predicted octanol–water partition coefficient (Wildman–Crippen LogP) is 6.48. The van der Waals surface area contributed by atoms with Gasteiger partial charge in [-0.15, -0.1) is 0 Å². The Labute approximate surface area is 221 Å². The van der Waals surface area contributed by atoms with Crippen LogP contribution in [0, 0.1) is 12.8 Å². The van der Waals surface area contributed by atoms with Gasteiger partial charge in [-0.05, 0) is 88.0 Å². The summed E-state index contributed by atoms with van der Waals surface area (Å²) in [5.74, 6) is 2.61. The molecule has 0 radical (unpaired) electrons. The third-order valence-electron chi connectivity index (χ3n) is 7.34. The van der Waals surface area contributed by atoms with E-state index in [1.165, 1.54) is 5.56 Å². The highest BCUT2D eigenvalue weighted by atomic mass is 16.5. The van der Waals surface area contributed by atoms with Crippen LogP contribution in [0.4, 0.5) is 0 Å². The van der Waals surface area contributed by atoms with Crippen LogP contribution in [0.25, 0.3) is 11.5 Å². The van der Waals surface area contributed by atoms with E-state index in [4.69, 9.17) is 14.1 Å². The van der Waals surface area contributed by atoms with Crippen LogP contribution in [0.15, 0.2) is 52.9 Å². The summed E-state index contributed by atoms with van der Waals surface area (Å²) in [5.41, 5.74) is 4.39. The summed E-state index contributed by atoms with van der Waals surface area (Å²) >= 11 is 0. The third-order valence-corrected chi connectivity index (χ3v) is 7.34. The van der Waals surface area contributed by atoms with Crippen molar-refractivity contribution in [2.24, 2.45) is 5.92 Å². The molecule has 1 aliphatic heterocycles. The van der Waals surface area contributed by atoms with Crippen LogP contribution in [0.1, 0.15) is 75.1 Å². The molecule has 6 nitrogen and oxygen atoms in total. The van der Waals surface area contributed by atoms with Crippen molar-refractivity contribution in [2.75, 3.05) is 19.7 Å². The highest BCUT2D eigenvalue weighted by Crippen LogP contribution is 2.26. The zero-order chi connectivity index (χ0) is 26.2. The molecule has 4 rings (SSSR count). The normalized spacial score (nSPS) is 15.5. The first-order valence-corrected chi connectivity index (χ1v) is 13.8. The van der Waals surface area contributed by atoms with Crippen LogP contribution in [0.2, 0.25) is 0 Å². The van der Waals surface area contributed by atoms with Crippen LogP contribution >= 0.6 is 0 Å². The molecule has 0 aliphatic carbocycles. The number of nitrogens with one attached hydrogen (secondary N) is 1. The van der Waals surface area contributed by atoms with E-state index in [1.807, 2.05) is 38.1 Å². The van der Waals surface area contributed by atoms with Gasteiger partial charge in [0.25, 0.3) is 0 Å². The molecule has 0 spiro atoms. The van der Waals surface area contributed by atoms with E-state index in [2.05, 4.69) is 48.3 Å². The zero-order valence-electron chi connectivity index (χ0n) is 22.8. The van der Waals surface area contributed by atoms with Crippen LogP contribution in [-0.2, 0) is 17.8 Å². The van der Waals surface area contributed by atoms with Crippen LogP contribution in [0.5, 0.6) is 5.75 Å². The first-order chi connectivity index (χ1) is 18.0. The number of carbonyl (C=O) groups is 1. The summed E-state index contributed by atoms with van der Waals surface area (Å²) in [7, 11) is 0. The zero-order valence-corrected chi connectivity index (χ0v) is 22.8. The van der Waals surface area contributed by atoms with E-state index < -0.39 is 0 Å². The van der Waals surface area contributed by atoms with Gasteiger partial charge in [-0.3, -0.25) is 9.69 Å². The molecule has 1 aromatic heterocycles. The molecule has 3 aromatic rings. The molecule has 1 aliphatic rings. The Balaban J connectivity index is 1.25. The topological polar surface area (TPSA) is 67.6 Å². The Morgan fingerprint density at radius 2 is 1.81 bits per heavy atom. The van der Waals surface area contributed by atoms with Gasteiger partial charge in [0.1, 0.15) is 11.5 Å². The average molecular weight is 504 g/mol. The van der Waals surface area contributed by atoms with Crippen LogP contribution < -0.4 is 10.1 Å². The molecule has 1 fully saturated rings. The highest BCUT2D eigenvalue weighted by Gasteiger charge is 2.27. The number of benzene rings is 2. The quantitative estimate of drug-likeness (QED) is 0.303. The van der Waals surface area contributed by atoms with Crippen molar-refractivity contribution in [3.8, 4) is 17.2 Å². The molecule has 6 heteroatoms. The number of nitrogens with zero attached hydrogens (tertiary/aromatic N) is 2. The van der Waals surface area contributed by atoms with Gasteiger partial charge in [0.2, 0.25) is 11.8 Å². The fourth-order valence-corrected chi connectivity index (χ4v) is 4.75. The van der Waals surface area contributed by atoms with Gasteiger partial charge in [-0.25, -0.2) is 4.98 Å². The van der Waals surface area contributed by atoms with Crippen molar-refractivity contribution in [1.29, 1.82) is 0 Å². The maximum absolute atomic E-state index is 13.0. The number of hydrogen-bond donors (Lipinski definition) is 1. The van der Waals surface area contributed by atoms with Crippen molar-refractivity contribution in [2.45, 2.75) is 72.4 Å². The Morgan fingerprint density at radius 1 is 1.11 bits per heavy atom. The molecular formula is C31H41N3O3. The fourth-order valence-electron chi connectivity index (χ4n) is 4.75. The third kappa shape index (κ3) is 7.22. The second-order valence-corrected chi connectivity index (χ2v) is 10.1. The Kier molecular flexibility index (Phi) is 9.40. The van der Waals surface area contributed by atoms with E-state index in [9.17, 15) is 4.79 Å². The summed E-state index contributed by atoms with van der Waals surface area (Å²) in [6, 6.07) is 16.4. The van der Waals surface area contributed by atoms with Crippen molar-refractivity contribution in [3.05, 3.63) is 71.1 Å². The second-order valence-electron chi connectivity index (χ2n) is 10.1. The maximum Gasteiger partial charge on any atom is 0.226 e. The van der Waals surface area contributed by atoms with Crippen molar-refractivity contribution >= 4 is 5.91 Å². The fraction of sp³-hybridized carbons (Fsp3) is 0.484. The molecule has 1 N–H and O–H groups in total. The molecule has 1 unspecified atom stereocenters. The molecule has 2 aromatic carbocycles. The van der Waals surface area contributed by atoms with Crippen LogP contribution in [0.3, 0.4) is 0 Å². The lowest BCUT2D eigenvalue weighted by Crippen LogP contribution is -2.41. The standard InChI is InChI=1S/C31H41N3O3/c1-5-7-20-36-28-14-12-25(13-15-28)22(3)32-30(35)26-16-18-34(19-17-26)21-29-23(4)37-31(33-29)27-10-8-24(6-2)9-11-27/h8-15,22,26H,5-7,16-21H2,1-4H3,(H,32,35). The summed E-state index contributed by atoms with van der Waals surface area (Å²) in [6.07, 6.45) is 4.90. The van der Waals surface area contributed by atoms with Gasteiger partial charge < -0.3 is 14.5 Å². The average Bonchev–Trinajstić information content (AvgIpc) is 3.29. The minimum Gasteiger partial charge on any atom is -0.494 e. The smallest absolute Gasteiger partial charge is 0.226 e. The molecule has 1 saturated heterocycles. The van der Waals surface area contributed by atoms with Crippen molar-refractivity contribution < 1.29 is 13.9 Å².